The number of aryl methyl sites for hydroxylation is 1. The standard InChI is InChI=1S/C22H25NO3/c1-3-24-22-13-18(14-23-15-20-8-5-11-25-20)9-10-21(22)26-16-19-7-4-6-17(2)12-19/h4-13,23H,3,14-16H2,1-2H3. The monoisotopic (exact) mass is 351 g/mol. The molecule has 0 bridgehead atoms. The van der Waals surface area contributed by atoms with Crippen molar-refractivity contribution >= 4 is 0 Å². The van der Waals surface area contributed by atoms with Gasteiger partial charge in [-0.2, -0.15) is 0 Å². The summed E-state index contributed by atoms with van der Waals surface area (Å²) in [6.45, 7) is 6.62. The quantitative estimate of drug-likeness (QED) is 0.598. The Morgan fingerprint density at radius 3 is 2.58 bits per heavy atom. The van der Waals surface area contributed by atoms with Gasteiger partial charge in [-0.15, -0.1) is 0 Å². The second-order valence-corrected chi connectivity index (χ2v) is 6.17. The molecule has 26 heavy (non-hydrogen) atoms. The SMILES string of the molecule is CCOc1cc(CNCc2ccco2)ccc1OCc1cccc(C)c1. The first-order valence-electron chi connectivity index (χ1n) is 8.92. The third-order valence-corrected chi connectivity index (χ3v) is 3.99. The van der Waals surface area contributed by atoms with E-state index in [2.05, 4.69) is 36.5 Å². The van der Waals surface area contributed by atoms with Gasteiger partial charge in [-0.3, -0.25) is 0 Å². The van der Waals surface area contributed by atoms with Crippen LogP contribution in [0.4, 0.5) is 0 Å². The lowest BCUT2D eigenvalue weighted by atomic mass is 10.1. The molecule has 0 radical (unpaired) electrons. The summed E-state index contributed by atoms with van der Waals surface area (Å²) in [5, 5.41) is 3.37. The Kier molecular flexibility index (Phi) is 6.34. The summed E-state index contributed by atoms with van der Waals surface area (Å²) in [4.78, 5) is 0. The lowest BCUT2D eigenvalue weighted by Crippen LogP contribution is -2.12. The molecule has 0 aliphatic heterocycles. The van der Waals surface area contributed by atoms with Gasteiger partial charge in [-0.25, -0.2) is 0 Å². The average Bonchev–Trinajstić information content (AvgIpc) is 3.15. The molecule has 3 aromatic rings. The predicted molar refractivity (Wildman–Crippen MR) is 102 cm³/mol. The van der Waals surface area contributed by atoms with Crippen LogP contribution in [0.25, 0.3) is 0 Å². The van der Waals surface area contributed by atoms with E-state index in [1.165, 1.54) is 5.56 Å². The maximum Gasteiger partial charge on any atom is 0.161 e. The molecule has 3 rings (SSSR count). The van der Waals surface area contributed by atoms with Crippen molar-refractivity contribution < 1.29 is 13.9 Å². The van der Waals surface area contributed by atoms with Crippen LogP contribution in [0.3, 0.4) is 0 Å². The van der Waals surface area contributed by atoms with Crippen molar-refractivity contribution in [3.63, 3.8) is 0 Å². The van der Waals surface area contributed by atoms with Crippen LogP contribution in [-0.2, 0) is 19.7 Å². The molecule has 1 aromatic heterocycles. The third kappa shape index (κ3) is 5.14. The van der Waals surface area contributed by atoms with Crippen LogP contribution in [0.2, 0.25) is 0 Å². The van der Waals surface area contributed by atoms with E-state index in [0.29, 0.717) is 19.8 Å². The Hall–Kier alpha value is -2.72. The van der Waals surface area contributed by atoms with Gasteiger partial charge in [0.25, 0.3) is 0 Å². The zero-order valence-electron chi connectivity index (χ0n) is 15.3. The first-order valence-corrected chi connectivity index (χ1v) is 8.92. The minimum atomic E-state index is 0.526. The number of ether oxygens (including phenoxy) is 2. The van der Waals surface area contributed by atoms with Crippen LogP contribution in [0.15, 0.2) is 65.3 Å². The number of furan rings is 1. The Morgan fingerprint density at radius 2 is 1.81 bits per heavy atom. The highest BCUT2D eigenvalue weighted by Gasteiger charge is 2.07. The number of hydrogen-bond donors (Lipinski definition) is 1. The summed E-state index contributed by atoms with van der Waals surface area (Å²) in [7, 11) is 0. The van der Waals surface area contributed by atoms with Crippen molar-refractivity contribution in [2.45, 2.75) is 33.5 Å². The van der Waals surface area contributed by atoms with E-state index in [0.717, 1.165) is 34.9 Å². The van der Waals surface area contributed by atoms with Crippen molar-refractivity contribution in [3.8, 4) is 11.5 Å². The molecular formula is C22H25NO3. The molecule has 0 fully saturated rings. The lowest BCUT2D eigenvalue weighted by molar-refractivity contribution is 0.269. The van der Waals surface area contributed by atoms with E-state index in [1.54, 1.807) is 6.26 Å². The van der Waals surface area contributed by atoms with Crippen LogP contribution >= 0.6 is 0 Å². The fourth-order valence-corrected chi connectivity index (χ4v) is 2.76. The van der Waals surface area contributed by atoms with Crippen molar-refractivity contribution in [3.05, 3.63) is 83.3 Å². The van der Waals surface area contributed by atoms with Gasteiger partial charge in [-0.05, 0) is 49.2 Å². The second kappa shape index (κ2) is 9.11. The van der Waals surface area contributed by atoms with Crippen LogP contribution in [0.1, 0.15) is 29.4 Å². The summed E-state index contributed by atoms with van der Waals surface area (Å²) >= 11 is 0. The largest absolute Gasteiger partial charge is 0.490 e. The average molecular weight is 351 g/mol. The van der Waals surface area contributed by atoms with Gasteiger partial charge in [0.05, 0.1) is 19.4 Å². The number of benzene rings is 2. The minimum Gasteiger partial charge on any atom is -0.490 e. The van der Waals surface area contributed by atoms with Crippen LogP contribution in [-0.4, -0.2) is 6.61 Å². The van der Waals surface area contributed by atoms with Crippen molar-refractivity contribution in [1.82, 2.24) is 5.32 Å². The molecule has 136 valence electrons. The topological polar surface area (TPSA) is 43.6 Å². The van der Waals surface area contributed by atoms with Crippen molar-refractivity contribution in [2.75, 3.05) is 6.61 Å². The first kappa shape index (κ1) is 18.1. The van der Waals surface area contributed by atoms with Gasteiger partial charge in [0, 0.05) is 6.54 Å². The smallest absolute Gasteiger partial charge is 0.161 e. The van der Waals surface area contributed by atoms with Gasteiger partial charge in [0.2, 0.25) is 0 Å². The maximum atomic E-state index is 5.99. The van der Waals surface area contributed by atoms with Gasteiger partial charge in [0.1, 0.15) is 12.4 Å². The summed E-state index contributed by atoms with van der Waals surface area (Å²) < 4.78 is 17.1. The fraction of sp³-hybridized carbons (Fsp3) is 0.273. The van der Waals surface area contributed by atoms with E-state index >= 15 is 0 Å². The van der Waals surface area contributed by atoms with E-state index < -0.39 is 0 Å². The zero-order chi connectivity index (χ0) is 18.2. The highest BCUT2D eigenvalue weighted by molar-refractivity contribution is 5.43. The second-order valence-electron chi connectivity index (χ2n) is 6.17. The van der Waals surface area contributed by atoms with Crippen LogP contribution in [0, 0.1) is 6.92 Å². The van der Waals surface area contributed by atoms with E-state index in [-0.39, 0.29) is 0 Å². The van der Waals surface area contributed by atoms with E-state index in [9.17, 15) is 0 Å². The summed E-state index contributed by atoms with van der Waals surface area (Å²) in [6, 6.07) is 18.3. The van der Waals surface area contributed by atoms with Crippen LogP contribution in [0.5, 0.6) is 11.5 Å². The molecular weight excluding hydrogens is 326 g/mol. The highest BCUT2D eigenvalue weighted by atomic mass is 16.5. The Morgan fingerprint density at radius 1 is 0.885 bits per heavy atom. The molecule has 2 aromatic carbocycles. The Balaban J connectivity index is 1.61. The summed E-state index contributed by atoms with van der Waals surface area (Å²) in [6.07, 6.45) is 1.69. The first-order chi connectivity index (χ1) is 12.7. The molecule has 0 unspecified atom stereocenters. The Labute approximate surface area is 154 Å². The van der Waals surface area contributed by atoms with Crippen molar-refractivity contribution in [2.24, 2.45) is 0 Å². The van der Waals surface area contributed by atoms with E-state index in [1.807, 2.05) is 37.3 Å². The predicted octanol–water partition coefficient (Wildman–Crippen LogP) is 4.86. The van der Waals surface area contributed by atoms with Gasteiger partial charge in [0.15, 0.2) is 11.5 Å². The maximum absolute atomic E-state index is 5.99. The molecule has 0 spiro atoms. The summed E-state index contributed by atoms with van der Waals surface area (Å²) in [5.74, 6) is 2.47. The summed E-state index contributed by atoms with van der Waals surface area (Å²) in [5.41, 5.74) is 3.52. The Bertz CT molecular complexity index is 812. The molecule has 0 aliphatic carbocycles. The van der Waals surface area contributed by atoms with Crippen molar-refractivity contribution in [1.29, 1.82) is 0 Å². The van der Waals surface area contributed by atoms with E-state index in [4.69, 9.17) is 13.9 Å². The number of hydrogen-bond acceptors (Lipinski definition) is 4. The van der Waals surface area contributed by atoms with Gasteiger partial charge < -0.3 is 19.2 Å². The number of nitrogens with one attached hydrogen (secondary N) is 1. The number of rotatable bonds is 9. The zero-order valence-corrected chi connectivity index (χ0v) is 15.3. The lowest BCUT2D eigenvalue weighted by Gasteiger charge is -2.14. The molecule has 0 aliphatic rings. The molecule has 4 nitrogen and oxygen atoms in total. The minimum absolute atomic E-state index is 0.526. The molecule has 0 saturated heterocycles. The van der Waals surface area contributed by atoms with Gasteiger partial charge >= 0.3 is 0 Å². The van der Waals surface area contributed by atoms with Crippen LogP contribution < -0.4 is 14.8 Å². The highest BCUT2D eigenvalue weighted by Crippen LogP contribution is 2.29. The van der Waals surface area contributed by atoms with Gasteiger partial charge in [-0.1, -0.05) is 35.9 Å². The molecule has 1 heterocycles. The fourth-order valence-electron chi connectivity index (χ4n) is 2.76. The molecule has 4 heteroatoms. The third-order valence-electron chi connectivity index (χ3n) is 3.99. The molecule has 0 amide bonds. The molecule has 1 N–H and O–H groups in total. The normalized spacial score (nSPS) is 10.7. The molecule has 0 saturated carbocycles. The molecule has 0 atom stereocenters.